The Morgan fingerprint density at radius 3 is 2.45 bits per heavy atom. The lowest BCUT2D eigenvalue weighted by Gasteiger charge is -2.29. The minimum Gasteiger partial charge on any atom is -0.497 e. The van der Waals surface area contributed by atoms with Crippen LogP contribution in [0.25, 0.3) is 0 Å². The Kier molecular flexibility index (Phi) is 11.1. The molecule has 0 aromatic heterocycles. The zero-order chi connectivity index (χ0) is 21.2. The number of hydrogen-bond donors (Lipinski definition) is 2. The summed E-state index contributed by atoms with van der Waals surface area (Å²) >= 11 is 0. The second-order valence-corrected chi connectivity index (χ2v) is 7.54. The van der Waals surface area contributed by atoms with Crippen LogP contribution in [0.1, 0.15) is 35.6 Å². The number of likely N-dealkylation sites (tertiary alicyclic amines) is 1. The fourth-order valence-electron chi connectivity index (χ4n) is 3.98. The van der Waals surface area contributed by atoms with Crippen molar-refractivity contribution in [3.8, 4) is 5.75 Å². The lowest BCUT2D eigenvalue weighted by atomic mass is 10.1. The van der Waals surface area contributed by atoms with E-state index < -0.39 is 0 Å². The molecule has 1 heterocycles. The molecule has 1 aliphatic heterocycles. The Balaban J connectivity index is 0.00000341. The highest BCUT2D eigenvalue weighted by Crippen LogP contribution is 2.27. The minimum atomic E-state index is 0. The molecular weight excluding hydrogens is 503 g/mol. The van der Waals surface area contributed by atoms with Crippen LogP contribution in [0.2, 0.25) is 0 Å². The molecule has 0 aliphatic carbocycles. The first kappa shape index (κ1) is 25.4. The number of aliphatic imine (C=N–C) groups is 1. The second kappa shape index (κ2) is 13.5. The van der Waals surface area contributed by atoms with Crippen molar-refractivity contribution in [2.75, 3.05) is 40.9 Å². The monoisotopic (exact) mass is 538 g/mol. The third-order valence-electron chi connectivity index (χ3n) is 5.61. The largest absolute Gasteiger partial charge is 0.497 e. The molecule has 0 spiro atoms. The molecule has 3 rings (SSSR count). The Bertz CT molecular complexity index is 825. The van der Waals surface area contributed by atoms with E-state index in [0.29, 0.717) is 13.2 Å². The van der Waals surface area contributed by atoms with Gasteiger partial charge in [-0.25, -0.2) is 0 Å². The van der Waals surface area contributed by atoms with Gasteiger partial charge in [0.05, 0.1) is 19.8 Å². The number of ether oxygens (including phenoxy) is 2. The predicted octanol–water partition coefficient (Wildman–Crippen LogP) is 3.96. The summed E-state index contributed by atoms with van der Waals surface area (Å²) in [5.74, 6) is 1.70. The van der Waals surface area contributed by atoms with Crippen LogP contribution in [-0.4, -0.2) is 51.8 Å². The van der Waals surface area contributed by atoms with Crippen molar-refractivity contribution < 1.29 is 9.47 Å². The van der Waals surface area contributed by atoms with Crippen LogP contribution in [0, 0.1) is 0 Å². The summed E-state index contributed by atoms with van der Waals surface area (Å²) < 4.78 is 10.8. The third-order valence-corrected chi connectivity index (χ3v) is 5.61. The van der Waals surface area contributed by atoms with E-state index >= 15 is 0 Å². The zero-order valence-electron chi connectivity index (χ0n) is 18.8. The number of benzene rings is 2. The van der Waals surface area contributed by atoms with Gasteiger partial charge in [0.1, 0.15) is 5.75 Å². The van der Waals surface area contributed by atoms with E-state index in [1.54, 1.807) is 14.2 Å². The molecule has 0 radical (unpaired) electrons. The third kappa shape index (κ3) is 7.36. The van der Waals surface area contributed by atoms with E-state index in [2.05, 4.69) is 56.9 Å². The average molecular weight is 538 g/mol. The molecule has 1 atom stereocenters. The maximum absolute atomic E-state index is 5.45. The van der Waals surface area contributed by atoms with E-state index in [4.69, 9.17) is 9.47 Å². The molecule has 2 N–H and O–H groups in total. The molecule has 0 saturated carbocycles. The van der Waals surface area contributed by atoms with Crippen molar-refractivity contribution in [1.82, 2.24) is 15.5 Å². The molecular formula is C24H35IN4O2. The topological polar surface area (TPSA) is 58.1 Å². The molecule has 1 saturated heterocycles. The molecule has 1 aliphatic rings. The average Bonchev–Trinajstić information content (AvgIpc) is 3.32. The summed E-state index contributed by atoms with van der Waals surface area (Å²) in [6, 6.07) is 17.0. The SMILES string of the molecule is CN=C(NCc1ccccc1COC)NCC(c1cccc(OC)c1)N1CCCC1.I. The first-order chi connectivity index (χ1) is 14.7. The lowest BCUT2D eigenvalue weighted by Crippen LogP contribution is -2.42. The first-order valence-electron chi connectivity index (χ1n) is 10.6. The maximum atomic E-state index is 5.45. The van der Waals surface area contributed by atoms with E-state index in [0.717, 1.165) is 31.3 Å². The highest BCUT2D eigenvalue weighted by atomic mass is 127. The molecule has 2 aromatic rings. The second-order valence-electron chi connectivity index (χ2n) is 7.54. The van der Waals surface area contributed by atoms with Crippen molar-refractivity contribution in [1.29, 1.82) is 0 Å². The van der Waals surface area contributed by atoms with Gasteiger partial charge < -0.3 is 20.1 Å². The fraction of sp³-hybridized carbons (Fsp3) is 0.458. The summed E-state index contributed by atoms with van der Waals surface area (Å²) in [6.45, 7) is 4.34. The molecule has 7 heteroatoms. The lowest BCUT2D eigenvalue weighted by molar-refractivity contribution is 0.184. The number of rotatable bonds is 9. The number of guanidine groups is 1. The summed E-state index contributed by atoms with van der Waals surface area (Å²) in [4.78, 5) is 6.97. The van der Waals surface area contributed by atoms with Gasteiger partial charge in [-0.3, -0.25) is 9.89 Å². The number of hydrogen-bond acceptors (Lipinski definition) is 4. The van der Waals surface area contributed by atoms with E-state index in [-0.39, 0.29) is 30.0 Å². The maximum Gasteiger partial charge on any atom is 0.191 e. The van der Waals surface area contributed by atoms with Crippen molar-refractivity contribution in [3.63, 3.8) is 0 Å². The molecule has 1 unspecified atom stereocenters. The van der Waals surface area contributed by atoms with Gasteiger partial charge in [-0.1, -0.05) is 36.4 Å². The summed E-state index contributed by atoms with van der Waals surface area (Å²) in [5.41, 5.74) is 3.67. The van der Waals surface area contributed by atoms with Crippen molar-refractivity contribution >= 4 is 29.9 Å². The Labute approximate surface area is 203 Å². The van der Waals surface area contributed by atoms with Crippen molar-refractivity contribution in [2.45, 2.75) is 32.0 Å². The Morgan fingerprint density at radius 2 is 1.77 bits per heavy atom. The van der Waals surface area contributed by atoms with Gasteiger partial charge in [0.15, 0.2) is 5.96 Å². The number of nitrogens with zero attached hydrogens (tertiary/aromatic N) is 2. The summed E-state index contributed by atoms with van der Waals surface area (Å²) in [5, 5.41) is 6.97. The zero-order valence-corrected chi connectivity index (χ0v) is 21.1. The number of methoxy groups -OCH3 is 2. The van der Waals surface area contributed by atoms with Crippen LogP contribution in [-0.2, 0) is 17.9 Å². The Morgan fingerprint density at radius 1 is 1.03 bits per heavy atom. The van der Waals surface area contributed by atoms with E-state index in [1.165, 1.54) is 29.5 Å². The summed E-state index contributed by atoms with van der Waals surface area (Å²) in [6.07, 6.45) is 2.51. The van der Waals surface area contributed by atoms with Gasteiger partial charge in [0.2, 0.25) is 0 Å². The standard InChI is InChI=1S/C24H34N4O2.HI/c1-25-24(26-16-20-9-4-5-10-21(20)18-29-2)27-17-23(28-13-6-7-14-28)19-11-8-12-22(15-19)30-3;/h4-5,8-12,15,23H,6-7,13-14,16-18H2,1-3H3,(H2,25,26,27);1H. The quantitative estimate of drug-likeness (QED) is 0.288. The van der Waals surface area contributed by atoms with Gasteiger partial charge in [-0.05, 0) is 54.8 Å². The molecule has 6 nitrogen and oxygen atoms in total. The predicted molar refractivity (Wildman–Crippen MR) is 137 cm³/mol. The molecule has 170 valence electrons. The van der Waals surface area contributed by atoms with Crippen LogP contribution >= 0.6 is 24.0 Å². The van der Waals surface area contributed by atoms with E-state index in [9.17, 15) is 0 Å². The van der Waals surface area contributed by atoms with Gasteiger partial charge in [-0.15, -0.1) is 24.0 Å². The number of halogens is 1. The molecule has 0 bridgehead atoms. The smallest absolute Gasteiger partial charge is 0.191 e. The highest BCUT2D eigenvalue weighted by molar-refractivity contribution is 14.0. The van der Waals surface area contributed by atoms with Crippen LogP contribution in [0.5, 0.6) is 5.75 Å². The van der Waals surface area contributed by atoms with Gasteiger partial charge in [0, 0.05) is 27.2 Å². The fourth-order valence-corrected chi connectivity index (χ4v) is 3.98. The minimum absolute atomic E-state index is 0. The molecule has 1 fully saturated rings. The van der Waals surface area contributed by atoms with E-state index in [1.807, 2.05) is 19.2 Å². The van der Waals surface area contributed by atoms with Gasteiger partial charge in [-0.2, -0.15) is 0 Å². The first-order valence-corrected chi connectivity index (χ1v) is 10.6. The molecule has 2 aromatic carbocycles. The van der Waals surface area contributed by atoms with Crippen LogP contribution in [0.15, 0.2) is 53.5 Å². The normalized spacial score (nSPS) is 15.3. The summed E-state index contributed by atoms with van der Waals surface area (Å²) in [7, 11) is 5.25. The molecule has 31 heavy (non-hydrogen) atoms. The number of nitrogens with one attached hydrogen (secondary N) is 2. The van der Waals surface area contributed by atoms with Crippen molar-refractivity contribution in [2.24, 2.45) is 4.99 Å². The van der Waals surface area contributed by atoms with Crippen LogP contribution in [0.3, 0.4) is 0 Å². The highest BCUT2D eigenvalue weighted by Gasteiger charge is 2.24. The van der Waals surface area contributed by atoms with Gasteiger partial charge >= 0.3 is 0 Å². The van der Waals surface area contributed by atoms with Crippen LogP contribution in [0.4, 0.5) is 0 Å². The molecule has 0 amide bonds. The van der Waals surface area contributed by atoms with Gasteiger partial charge in [0.25, 0.3) is 0 Å². The van der Waals surface area contributed by atoms with Crippen LogP contribution < -0.4 is 15.4 Å². The van der Waals surface area contributed by atoms with Crippen molar-refractivity contribution in [3.05, 3.63) is 65.2 Å². The Hall–Kier alpha value is -1.84.